The molecule has 0 saturated carbocycles. The van der Waals surface area contributed by atoms with Gasteiger partial charge in [-0.3, -0.25) is 0 Å². The Morgan fingerprint density at radius 1 is 0.206 bits per heavy atom. The van der Waals surface area contributed by atoms with E-state index in [-0.39, 0.29) is 0 Å². The molecule has 0 radical (unpaired) electrons. The summed E-state index contributed by atoms with van der Waals surface area (Å²) in [7, 11) is 0. The molecule has 0 saturated heterocycles. The van der Waals surface area contributed by atoms with Crippen LogP contribution in [0.4, 0.5) is 17.1 Å². The highest BCUT2D eigenvalue weighted by Crippen LogP contribution is 2.40. The third-order valence-electron chi connectivity index (χ3n) is 13.2. The van der Waals surface area contributed by atoms with E-state index < -0.39 is 0 Å². The van der Waals surface area contributed by atoms with Gasteiger partial charge in [-0.15, -0.1) is 0 Å². The molecule has 11 aromatic carbocycles. The zero-order chi connectivity index (χ0) is 45.2. The fraction of sp³-hybridized carbons (Fsp3) is 0. The molecule has 2 nitrogen and oxygen atoms in total. The van der Waals surface area contributed by atoms with Crippen molar-refractivity contribution < 1.29 is 0 Å². The lowest BCUT2D eigenvalue weighted by molar-refractivity contribution is 1.18. The van der Waals surface area contributed by atoms with E-state index in [1.165, 1.54) is 83.0 Å². The number of hydrogen-bond donors (Lipinski definition) is 0. The van der Waals surface area contributed by atoms with Gasteiger partial charge in [0.2, 0.25) is 0 Å². The molecular formula is C66H46N2. The SMILES string of the molecule is c1ccc(-c2ccc(-c3ccc(N(c4ccc(-c5ccccc5)cc4)c4ccc(-c5ccc(-n6c7ccc(-c8ccccc8)cc7c7cc(-c8ccccc8)ccc76)cc5)cc4)cc3)cc2)cc1. The Morgan fingerprint density at radius 3 is 0.750 bits per heavy atom. The van der Waals surface area contributed by atoms with Crippen LogP contribution in [0.25, 0.3) is 94.3 Å². The van der Waals surface area contributed by atoms with Crippen molar-refractivity contribution in [2.75, 3.05) is 4.90 Å². The van der Waals surface area contributed by atoms with Gasteiger partial charge in [0.15, 0.2) is 0 Å². The van der Waals surface area contributed by atoms with Crippen LogP contribution >= 0.6 is 0 Å². The summed E-state index contributed by atoms with van der Waals surface area (Å²) in [6.07, 6.45) is 0. The summed E-state index contributed by atoms with van der Waals surface area (Å²) < 4.78 is 2.41. The maximum absolute atomic E-state index is 2.41. The highest BCUT2D eigenvalue weighted by Gasteiger charge is 2.17. The molecule has 320 valence electrons. The van der Waals surface area contributed by atoms with Gasteiger partial charge in [0, 0.05) is 33.5 Å². The summed E-state index contributed by atoms with van der Waals surface area (Å²) in [6.45, 7) is 0. The van der Waals surface area contributed by atoms with Crippen molar-refractivity contribution in [2.45, 2.75) is 0 Å². The summed E-state index contributed by atoms with van der Waals surface area (Å²) in [5.41, 5.74) is 21.2. The summed E-state index contributed by atoms with van der Waals surface area (Å²) in [5.74, 6) is 0. The molecule has 1 aromatic heterocycles. The number of benzene rings is 11. The van der Waals surface area contributed by atoms with Gasteiger partial charge in [-0.1, -0.05) is 206 Å². The number of fused-ring (bicyclic) bond motifs is 3. The molecule has 0 atom stereocenters. The van der Waals surface area contributed by atoms with Crippen molar-refractivity contribution in [1.29, 1.82) is 0 Å². The van der Waals surface area contributed by atoms with E-state index in [0.717, 1.165) is 28.3 Å². The lowest BCUT2D eigenvalue weighted by Gasteiger charge is -2.26. The van der Waals surface area contributed by atoms with Gasteiger partial charge in [0.1, 0.15) is 0 Å². The number of anilines is 3. The average Bonchev–Trinajstić information content (AvgIpc) is 3.75. The molecule has 2 heteroatoms. The summed E-state index contributed by atoms with van der Waals surface area (Å²) in [6, 6.07) is 101. The summed E-state index contributed by atoms with van der Waals surface area (Å²) in [5, 5.41) is 2.48. The van der Waals surface area contributed by atoms with Crippen molar-refractivity contribution in [3.05, 3.63) is 279 Å². The lowest BCUT2D eigenvalue weighted by atomic mass is 10.00. The van der Waals surface area contributed by atoms with E-state index in [1.807, 2.05) is 0 Å². The largest absolute Gasteiger partial charge is 0.311 e. The van der Waals surface area contributed by atoms with Gasteiger partial charge < -0.3 is 9.47 Å². The van der Waals surface area contributed by atoms with E-state index in [2.05, 4.69) is 289 Å². The first kappa shape index (κ1) is 40.5. The van der Waals surface area contributed by atoms with Crippen LogP contribution in [0.15, 0.2) is 279 Å². The number of rotatable bonds is 10. The molecule has 68 heavy (non-hydrogen) atoms. The Balaban J connectivity index is 0.871. The van der Waals surface area contributed by atoms with Gasteiger partial charge in [-0.2, -0.15) is 0 Å². The Morgan fingerprint density at radius 2 is 0.441 bits per heavy atom. The van der Waals surface area contributed by atoms with Crippen LogP contribution in [0.2, 0.25) is 0 Å². The minimum Gasteiger partial charge on any atom is -0.311 e. The second-order valence-corrected chi connectivity index (χ2v) is 17.4. The van der Waals surface area contributed by atoms with Gasteiger partial charge >= 0.3 is 0 Å². The van der Waals surface area contributed by atoms with Crippen molar-refractivity contribution in [2.24, 2.45) is 0 Å². The van der Waals surface area contributed by atoms with Crippen molar-refractivity contribution in [1.82, 2.24) is 4.57 Å². The third-order valence-corrected chi connectivity index (χ3v) is 13.2. The second-order valence-electron chi connectivity index (χ2n) is 17.4. The monoisotopic (exact) mass is 866 g/mol. The normalized spacial score (nSPS) is 11.2. The predicted octanol–water partition coefficient (Wildman–Crippen LogP) is 18.3. The van der Waals surface area contributed by atoms with Crippen molar-refractivity contribution in [3.8, 4) is 72.4 Å². The number of aromatic nitrogens is 1. The van der Waals surface area contributed by atoms with E-state index in [9.17, 15) is 0 Å². The Labute approximate surface area is 397 Å². The number of nitrogens with zero attached hydrogens (tertiary/aromatic N) is 2. The van der Waals surface area contributed by atoms with Crippen LogP contribution in [0.5, 0.6) is 0 Å². The minimum absolute atomic E-state index is 1.09. The first-order chi connectivity index (χ1) is 33.7. The third kappa shape index (κ3) is 7.85. The fourth-order valence-corrected chi connectivity index (χ4v) is 9.70. The molecule has 0 N–H and O–H groups in total. The first-order valence-corrected chi connectivity index (χ1v) is 23.3. The minimum atomic E-state index is 1.09. The van der Waals surface area contributed by atoms with Gasteiger partial charge in [-0.05, 0) is 140 Å². The fourth-order valence-electron chi connectivity index (χ4n) is 9.70. The topological polar surface area (TPSA) is 8.17 Å². The van der Waals surface area contributed by atoms with E-state index in [1.54, 1.807) is 0 Å². The predicted molar refractivity (Wildman–Crippen MR) is 288 cm³/mol. The lowest BCUT2D eigenvalue weighted by Crippen LogP contribution is -2.09. The van der Waals surface area contributed by atoms with E-state index in [0.29, 0.717) is 0 Å². The Kier molecular flexibility index (Phi) is 10.6. The quantitative estimate of drug-likeness (QED) is 0.133. The van der Waals surface area contributed by atoms with Crippen LogP contribution in [0.1, 0.15) is 0 Å². The van der Waals surface area contributed by atoms with Crippen LogP contribution in [0, 0.1) is 0 Å². The maximum Gasteiger partial charge on any atom is 0.0541 e. The van der Waals surface area contributed by atoms with Gasteiger partial charge in [-0.25, -0.2) is 0 Å². The smallest absolute Gasteiger partial charge is 0.0541 e. The molecule has 0 spiro atoms. The molecular weight excluding hydrogens is 821 g/mol. The molecule has 0 aliphatic rings. The van der Waals surface area contributed by atoms with E-state index >= 15 is 0 Å². The maximum atomic E-state index is 2.41. The van der Waals surface area contributed by atoms with Gasteiger partial charge in [0.05, 0.1) is 11.0 Å². The molecule has 12 aromatic rings. The molecule has 0 bridgehead atoms. The molecule has 1 heterocycles. The van der Waals surface area contributed by atoms with Crippen LogP contribution in [-0.2, 0) is 0 Å². The van der Waals surface area contributed by atoms with Crippen molar-refractivity contribution in [3.63, 3.8) is 0 Å². The molecule has 0 aliphatic carbocycles. The molecule has 0 amide bonds. The Bertz CT molecular complexity index is 3540. The van der Waals surface area contributed by atoms with Crippen LogP contribution in [-0.4, -0.2) is 4.57 Å². The molecule has 0 unspecified atom stereocenters. The second kappa shape index (κ2) is 17.8. The van der Waals surface area contributed by atoms with Crippen molar-refractivity contribution >= 4 is 38.9 Å². The zero-order valence-electron chi connectivity index (χ0n) is 37.5. The highest BCUT2D eigenvalue weighted by atomic mass is 15.1. The zero-order valence-corrected chi connectivity index (χ0v) is 37.5. The molecule has 0 fully saturated rings. The summed E-state index contributed by atoms with van der Waals surface area (Å²) >= 11 is 0. The number of hydrogen-bond acceptors (Lipinski definition) is 1. The standard InChI is InChI=1S/C66H46N2/c1-5-13-47(14-6-1)51-21-23-52(24-22-51)54-27-37-60(38-28-54)67(59-35-25-53(26-36-59)48-15-7-2-8-16-48)61-39-29-55(30-40-61)56-31-41-62(42-32-56)68-65-43-33-57(49-17-9-3-10-18-49)45-63(65)64-46-58(34-44-66(64)68)50-19-11-4-12-20-50/h1-46H. The van der Waals surface area contributed by atoms with Crippen LogP contribution in [0.3, 0.4) is 0 Å². The Hall–Kier alpha value is -8.98. The molecule has 0 aliphatic heterocycles. The summed E-state index contributed by atoms with van der Waals surface area (Å²) in [4.78, 5) is 2.35. The molecule has 12 rings (SSSR count). The van der Waals surface area contributed by atoms with Gasteiger partial charge in [0.25, 0.3) is 0 Å². The van der Waals surface area contributed by atoms with E-state index in [4.69, 9.17) is 0 Å². The highest BCUT2D eigenvalue weighted by molar-refractivity contribution is 6.11. The average molecular weight is 867 g/mol. The first-order valence-electron chi connectivity index (χ1n) is 23.3. The van der Waals surface area contributed by atoms with Crippen LogP contribution < -0.4 is 4.90 Å².